The first-order chi connectivity index (χ1) is 8.75. The number of pyridine rings is 1. The van der Waals surface area contributed by atoms with Crippen LogP contribution in [0.1, 0.15) is 45.2 Å². The summed E-state index contributed by atoms with van der Waals surface area (Å²) in [7, 11) is -1.82. The van der Waals surface area contributed by atoms with Gasteiger partial charge in [-0.05, 0) is 23.1 Å². The summed E-state index contributed by atoms with van der Waals surface area (Å²) in [4.78, 5) is 16.6. The van der Waals surface area contributed by atoms with Crippen molar-refractivity contribution in [3.8, 4) is 0 Å². The molecule has 0 bridgehead atoms. The summed E-state index contributed by atoms with van der Waals surface area (Å²) in [6.45, 7) is 11.4. The number of amides is 1. The highest BCUT2D eigenvalue weighted by molar-refractivity contribution is 6.79. The lowest BCUT2D eigenvalue weighted by atomic mass is 10.1. The molecule has 2 rings (SSSR count). The minimum atomic E-state index is -1.82. The minimum Gasteiger partial charge on any atom is -0.363 e. The molecule has 1 amide bonds. The van der Waals surface area contributed by atoms with E-state index in [9.17, 15) is 4.79 Å². The maximum atomic E-state index is 12.4. The standard InChI is InChI=1S/C15H24N2OSi/c1-15(2,3)19(4,5)17-13(8-9-14(17)18)12-7-6-10-16-11-12/h6-7,10-11,13H,8-9H2,1-5H3. The normalized spacial score (nSPS) is 21.0. The summed E-state index contributed by atoms with van der Waals surface area (Å²) in [6.07, 6.45) is 5.30. The predicted octanol–water partition coefficient (Wildman–Crippen LogP) is 3.75. The Balaban J connectivity index is 2.39. The molecule has 2 heterocycles. The molecule has 1 fully saturated rings. The summed E-state index contributed by atoms with van der Waals surface area (Å²) in [5.74, 6) is 0.320. The zero-order chi connectivity index (χ0) is 14.3. The SMILES string of the molecule is CC(C)(C)[Si](C)(C)N1C(=O)CCC1c1cccnc1. The molecule has 0 N–H and O–H groups in total. The number of hydrogen-bond donors (Lipinski definition) is 0. The van der Waals surface area contributed by atoms with Gasteiger partial charge in [0.25, 0.3) is 0 Å². The molecule has 1 aliphatic heterocycles. The number of carbonyl (C=O) groups is 1. The lowest BCUT2D eigenvalue weighted by Crippen LogP contribution is -2.56. The van der Waals surface area contributed by atoms with E-state index in [0.29, 0.717) is 12.3 Å². The van der Waals surface area contributed by atoms with Crippen LogP contribution in [-0.4, -0.2) is 23.7 Å². The van der Waals surface area contributed by atoms with Crippen LogP contribution < -0.4 is 0 Å². The van der Waals surface area contributed by atoms with Gasteiger partial charge in [-0.3, -0.25) is 9.78 Å². The average Bonchev–Trinajstić information content (AvgIpc) is 2.71. The van der Waals surface area contributed by atoms with Crippen molar-refractivity contribution < 1.29 is 4.79 Å². The number of aromatic nitrogens is 1. The lowest BCUT2D eigenvalue weighted by molar-refractivity contribution is -0.125. The predicted molar refractivity (Wildman–Crippen MR) is 80.3 cm³/mol. The molecule has 19 heavy (non-hydrogen) atoms. The van der Waals surface area contributed by atoms with Crippen molar-refractivity contribution in [2.24, 2.45) is 0 Å². The molecule has 1 aromatic heterocycles. The summed E-state index contributed by atoms with van der Waals surface area (Å²) >= 11 is 0. The van der Waals surface area contributed by atoms with Crippen molar-refractivity contribution in [2.45, 2.75) is 57.8 Å². The van der Waals surface area contributed by atoms with E-state index >= 15 is 0 Å². The van der Waals surface area contributed by atoms with Crippen LogP contribution in [0.3, 0.4) is 0 Å². The van der Waals surface area contributed by atoms with Gasteiger partial charge < -0.3 is 4.57 Å². The van der Waals surface area contributed by atoms with Crippen molar-refractivity contribution in [2.75, 3.05) is 0 Å². The van der Waals surface area contributed by atoms with Crippen molar-refractivity contribution in [3.05, 3.63) is 30.1 Å². The molecule has 1 saturated heterocycles. The summed E-state index contributed by atoms with van der Waals surface area (Å²) < 4.78 is 2.21. The molecule has 0 aromatic carbocycles. The molecule has 1 unspecified atom stereocenters. The van der Waals surface area contributed by atoms with Gasteiger partial charge in [0, 0.05) is 18.8 Å². The highest BCUT2D eigenvalue weighted by Gasteiger charge is 2.49. The second-order valence-electron chi connectivity index (χ2n) is 6.91. The fraction of sp³-hybridized carbons (Fsp3) is 0.600. The van der Waals surface area contributed by atoms with E-state index in [2.05, 4.69) is 49.5 Å². The Morgan fingerprint density at radius 1 is 1.37 bits per heavy atom. The molecular weight excluding hydrogens is 252 g/mol. The molecule has 3 nitrogen and oxygen atoms in total. The van der Waals surface area contributed by atoms with E-state index in [4.69, 9.17) is 0 Å². The average molecular weight is 276 g/mol. The third-order valence-electron chi connectivity index (χ3n) is 4.72. The number of carbonyl (C=O) groups excluding carboxylic acids is 1. The van der Waals surface area contributed by atoms with Gasteiger partial charge in [0.05, 0.1) is 6.04 Å². The van der Waals surface area contributed by atoms with Gasteiger partial charge in [-0.25, -0.2) is 0 Å². The minimum absolute atomic E-state index is 0.174. The topological polar surface area (TPSA) is 33.2 Å². The van der Waals surface area contributed by atoms with Gasteiger partial charge in [0.1, 0.15) is 0 Å². The summed E-state index contributed by atoms with van der Waals surface area (Å²) in [5, 5.41) is 0.174. The third kappa shape index (κ3) is 2.46. The summed E-state index contributed by atoms with van der Waals surface area (Å²) in [5.41, 5.74) is 1.18. The quantitative estimate of drug-likeness (QED) is 0.771. The maximum absolute atomic E-state index is 12.4. The van der Waals surface area contributed by atoms with Gasteiger partial charge in [-0.15, -0.1) is 0 Å². The second-order valence-corrected chi connectivity index (χ2v) is 12.0. The molecule has 0 spiro atoms. The van der Waals surface area contributed by atoms with Gasteiger partial charge in [0.15, 0.2) is 8.24 Å². The Morgan fingerprint density at radius 3 is 2.58 bits per heavy atom. The van der Waals surface area contributed by atoms with Crippen LogP contribution in [0.15, 0.2) is 24.5 Å². The van der Waals surface area contributed by atoms with Crippen LogP contribution in [0.5, 0.6) is 0 Å². The van der Waals surface area contributed by atoms with Gasteiger partial charge in [-0.1, -0.05) is 39.9 Å². The van der Waals surface area contributed by atoms with Gasteiger partial charge in [0.2, 0.25) is 5.91 Å². The number of nitrogens with zero attached hydrogens (tertiary/aromatic N) is 2. The molecule has 0 saturated carbocycles. The van der Waals surface area contributed by atoms with Gasteiger partial charge >= 0.3 is 0 Å². The summed E-state index contributed by atoms with van der Waals surface area (Å²) in [6, 6.07) is 4.28. The van der Waals surface area contributed by atoms with Crippen molar-refractivity contribution in [3.63, 3.8) is 0 Å². The molecule has 1 aliphatic rings. The molecular formula is C15H24N2OSi. The highest BCUT2D eigenvalue weighted by atomic mass is 28.3. The fourth-order valence-corrected chi connectivity index (χ4v) is 5.15. The molecule has 1 atom stereocenters. The Bertz CT molecular complexity index is 465. The first kappa shape index (κ1) is 14.3. The smallest absolute Gasteiger partial charge is 0.215 e. The van der Waals surface area contributed by atoms with Crippen molar-refractivity contribution in [1.82, 2.24) is 9.55 Å². The van der Waals surface area contributed by atoms with Crippen LogP contribution in [0.4, 0.5) is 0 Å². The molecule has 104 valence electrons. The third-order valence-corrected chi connectivity index (χ3v) is 10.2. The van der Waals surface area contributed by atoms with Crippen molar-refractivity contribution >= 4 is 14.1 Å². The molecule has 0 radical (unpaired) electrons. The first-order valence-corrected chi connectivity index (χ1v) is 9.92. The first-order valence-electron chi connectivity index (χ1n) is 6.97. The zero-order valence-corrected chi connectivity index (χ0v) is 13.6. The molecule has 1 aromatic rings. The Labute approximate surface area is 117 Å². The van der Waals surface area contributed by atoms with Crippen LogP contribution >= 0.6 is 0 Å². The van der Waals surface area contributed by atoms with E-state index in [1.807, 2.05) is 12.3 Å². The zero-order valence-electron chi connectivity index (χ0n) is 12.6. The lowest BCUT2D eigenvalue weighted by Gasteiger charge is -2.46. The van der Waals surface area contributed by atoms with E-state index in [0.717, 1.165) is 6.42 Å². The van der Waals surface area contributed by atoms with E-state index in [1.165, 1.54) is 5.56 Å². The Morgan fingerprint density at radius 2 is 2.05 bits per heavy atom. The largest absolute Gasteiger partial charge is 0.363 e. The van der Waals surface area contributed by atoms with Crippen molar-refractivity contribution in [1.29, 1.82) is 0 Å². The van der Waals surface area contributed by atoms with E-state index in [-0.39, 0.29) is 11.1 Å². The molecule has 4 heteroatoms. The van der Waals surface area contributed by atoms with Crippen LogP contribution in [-0.2, 0) is 4.79 Å². The number of hydrogen-bond acceptors (Lipinski definition) is 2. The van der Waals surface area contributed by atoms with E-state index in [1.54, 1.807) is 6.20 Å². The molecule has 0 aliphatic carbocycles. The second kappa shape index (κ2) is 4.74. The maximum Gasteiger partial charge on any atom is 0.215 e. The highest BCUT2D eigenvalue weighted by Crippen LogP contribution is 2.46. The van der Waals surface area contributed by atoms with Crippen LogP contribution in [0.25, 0.3) is 0 Å². The van der Waals surface area contributed by atoms with Gasteiger partial charge in [-0.2, -0.15) is 0 Å². The monoisotopic (exact) mass is 276 g/mol. The van der Waals surface area contributed by atoms with Crippen LogP contribution in [0, 0.1) is 0 Å². The van der Waals surface area contributed by atoms with E-state index < -0.39 is 8.24 Å². The number of rotatable bonds is 2. The van der Waals surface area contributed by atoms with Crippen LogP contribution in [0.2, 0.25) is 18.1 Å². The Kier molecular flexibility index (Phi) is 3.56. The fourth-order valence-electron chi connectivity index (χ4n) is 2.64. The Hall–Kier alpha value is -1.16.